The van der Waals surface area contributed by atoms with Crippen molar-refractivity contribution in [2.75, 3.05) is 11.9 Å². The number of rotatable bonds is 5. The van der Waals surface area contributed by atoms with Crippen LogP contribution in [0.5, 0.6) is 0 Å². The standard InChI is InChI=1S/C13H19N5/c1-4-7-11-16-12(14-5-2)10(3)13(17-11)18-9-6-8-15-18/h6,8-9H,4-5,7H2,1-3H3,(H,14,16,17). The summed E-state index contributed by atoms with van der Waals surface area (Å²) >= 11 is 0. The van der Waals surface area contributed by atoms with Crippen molar-refractivity contribution in [3.8, 4) is 5.82 Å². The molecule has 0 fully saturated rings. The summed E-state index contributed by atoms with van der Waals surface area (Å²) in [7, 11) is 0. The Hall–Kier alpha value is -1.91. The molecule has 0 saturated carbocycles. The molecule has 2 heterocycles. The predicted molar refractivity (Wildman–Crippen MR) is 72.0 cm³/mol. The molecule has 1 N–H and O–H groups in total. The summed E-state index contributed by atoms with van der Waals surface area (Å²) < 4.78 is 1.79. The largest absolute Gasteiger partial charge is 0.370 e. The molecule has 0 saturated heterocycles. The predicted octanol–water partition coefficient (Wildman–Crippen LogP) is 2.36. The highest BCUT2D eigenvalue weighted by Gasteiger charge is 2.11. The summed E-state index contributed by atoms with van der Waals surface area (Å²) in [5.41, 5.74) is 1.03. The van der Waals surface area contributed by atoms with Crippen LogP contribution in [0.4, 0.5) is 5.82 Å². The minimum atomic E-state index is 0.849. The summed E-state index contributed by atoms with van der Waals surface area (Å²) in [6.07, 6.45) is 5.58. The van der Waals surface area contributed by atoms with Gasteiger partial charge in [-0.3, -0.25) is 0 Å². The smallest absolute Gasteiger partial charge is 0.162 e. The van der Waals surface area contributed by atoms with E-state index in [1.165, 1.54) is 0 Å². The van der Waals surface area contributed by atoms with E-state index in [2.05, 4.69) is 34.2 Å². The maximum atomic E-state index is 4.60. The second kappa shape index (κ2) is 5.62. The van der Waals surface area contributed by atoms with Crippen molar-refractivity contribution in [2.24, 2.45) is 0 Å². The van der Waals surface area contributed by atoms with Crippen LogP contribution < -0.4 is 5.32 Å². The van der Waals surface area contributed by atoms with E-state index in [1.54, 1.807) is 10.9 Å². The third-order valence-electron chi connectivity index (χ3n) is 2.71. The summed E-state index contributed by atoms with van der Waals surface area (Å²) in [4.78, 5) is 9.16. The molecule has 0 amide bonds. The molecule has 0 spiro atoms. The molecule has 96 valence electrons. The van der Waals surface area contributed by atoms with Gasteiger partial charge in [0.2, 0.25) is 0 Å². The second-order valence-corrected chi connectivity index (χ2v) is 4.17. The first kappa shape index (κ1) is 12.5. The Morgan fingerprint density at radius 1 is 1.28 bits per heavy atom. The molecule has 0 aliphatic rings. The van der Waals surface area contributed by atoms with Gasteiger partial charge in [-0.1, -0.05) is 6.92 Å². The van der Waals surface area contributed by atoms with Crippen molar-refractivity contribution in [1.29, 1.82) is 0 Å². The van der Waals surface area contributed by atoms with Crippen molar-refractivity contribution < 1.29 is 0 Å². The average molecular weight is 245 g/mol. The lowest BCUT2D eigenvalue weighted by atomic mass is 10.2. The van der Waals surface area contributed by atoms with Gasteiger partial charge in [0.05, 0.1) is 0 Å². The molecule has 5 heteroatoms. The minimum absolute atomic E-state index is 0.849. The topological polar surface area (TPSA) is 55.6 Å². The molecule has 0 bridgehead atoms. The zero-order valence-corrected chi connectivity index (χ0v) is 11.1. The minimum Gasteiger partial charge on any atom is -0.370 e. The lowest BCUT2D eigenvalue weighted by Gasteiger charge is -2.12. The zero-order valence-electron chi connectivity index (χ0n) is 11.1. The average Bonchev–Trinajstić information content (AvgIpc) is 2.87. The lowest BCUT2D eigenvalue weighted by molar-refractivity contribution is 0.777. The van der Waals surface area contributed by atoms with E-state index in [-0.39, 0.29) is 0 Å². The van der Waals surface area contributed by atoms with Crippen LogP contribution in [-0.2, 0) is 6.42 Å². The number of aryl methyl sites for hydroxylation is 1. The fourth-order valence-electron chi connectivity index (χ4n) is 1.84. The Morgan fingerprint density at radius 2 is 2.11 bits per heavy atom. The fraction of sp³-hybridized carbons (Fsp3) is 0.462. The first-order valence-corrected chi connectivity index (χ1v) is 6.37. The third kappa shape index (κ3) is 2.50. The highest BCUT2D eigenvalue weighted by molar-refractivity contribution is 5.51. The van der Waals surface area contributed by atoms with E-state index in [1.807, 2.05) is 19.2 Å². The summed E-state index contributed by atoms with van der Waals surface area (Å²) in [6, 6.07) is 1.90. The molecular weight excluding hydrogens is 226 g/mol. The Kier molecular flexibility index (Phi) is 3.92. The second-order valence-electron chi connectivity index (χ2n) is 4.17. The monoisotopic (exact) mass is 245 g/mol. The number of nitrogens with one attached hydrogen (secondary N) is 1. The van der Waals surface area contributed by atoms with Gasteiger partial charge < -0.3 is 5.32 Å². The van der Waals surface area contributed by atoms with Crippen LogP contribution in [0.1, 0.15) is 31.7 Å². The van der Waals surface area contributed by atoms with Gasteiger partial charge in [-0.15, -0.1) is 0 Å². The first-order chi connectivity index (χ1) is 8.76. The van der Waals surface area contributed by atoms with Crippen molar-refractivity contribution >= 4 is 5.82 Å². The Morgan fingerprint density at radius 3 is 2.72 bits per heavy atom. The zero-order chi connectivity index (χ0) is 13.0. The number of hydrogen-bond acceptors (Lipinski definition) is 4. The van der Waals surface area contributed by atoms with Crippen molar-refractivity contribution in [2.45, 2.75) is 33.6 Å². The van der Waals surface area contributed by atoms with Crippen LogP contribution in [0.2, 0.25) is 0 Å². The van der Waals surface area contributed by atoms with Gasteiger partial charge in [-0.2, -0.15) is 5.10 Å². The fourth-order valence-corrected chi connectivity index (χ4v) is 1.84. The van der Waals surface area contributed by atoms with Crippen LogP contribution in [0.3, 0.4) is 0 Å². The molecule has 5 nitrogen and oxygen atoms in total. The van der Waals surface area contributed by atoms with Crippen molar-refractivity contribution in [3.05, 3.63) is 29.8 Å². The van der Waals surface area contributed by atoms with Crippen molar-refractivity contribution in [1.82, 2.24) is 19.7 Å². The molecule has 2 rings (SSSR count). The van der Waals surface area contributed by atoms with Gasteiger partial charge in [-0.25, -0.2) is 14.6 Å². The molecule has 0 aliphatic carbocycles. The number of nitrogens with zero attached hydrogens (tertiary/aromatic N) is 4. The van der Waals surface area contributed by atoms with E-state index < -0.39 is 0 Å². The summed E-state index contributed by atoms with van der Waals surface area (Å²) in [6.45, 7) is 7.06. The van der Waals surface area contributed by atoms with Gasteiger partial charge in [0.25, 0.3) is 0 Å². The molecule has 0 aliphatic heterocycles. The number of hydrogen-bond donors (Lipinski definition) is 1. The van der Waals surface area contributed by atoms with Gasteiger partial charge in [0.15, 0.2) is 5.82 Å². The first-order valence-electron chi connectivity index (χ1n) is 6.37. The summed E-state index contributed by atoms with van der Waals surface area (Å²) in [5, 5.41) is 7.53. The van der Waals surface area contributed by atoms with E-state index in [0.29, 0.717) is 0 Å². The van der Waals surface area contributed by atoms with Crippen LogP contribution in [-0.4, -0.2) is 26.3 Å². The van der Waals surface area contributed by atoms with Gasteiger partial charge in [-0.05, 0) is 26.3 Å². The maximum absolute atomic E-state index is 4.60. The molecular formula is C13H19N5. The number of aromatic nitrogens is 4. The molecule has 0 atom stereocenters. The number of anilines is 1. The van der Waals surface area contributed by atoms with Gasteiger partial charge >= 0.3 is 0 Å². The quantitative estimate of drug-likeness (QED) is 0.878. The molecule has 2 aromatic heterocycles. The van der Waals surface area contributed by atoms with Crippen LogP contribution >= 0.6 is 0 Å². The maximum Gasteiger partial charge on any atom is 0.162 e. The molecule has 0 unspecified atom stereocenters. The molecule has 18 heavy (non-hydrogen) atoms. The van der Waals surface area contributed by atoms with Crippen LogP contribution in [0, 0.1) is 6.92 Å². The highest BCUT2D eigenvalue weighted by atomic mass is 15.3. The molecule has 0 radical (unpaired) electrons. The van der Waals surface area contributed by atoms with Crippen LogP contribution in [0.15, 0.2) is 18.5 Å². The normalized spacial score (nSPS) is 10.6. The Balaban J connectivity index is 2.49. The van der Waals surface area contributed by atoms with Gasteiger partial charge in [0.1, 0.15) is 11.6 Å². The van der Waals surface area contributed by atoms with Crippen molar-refractivity contribution in [3.63, 3.8) is 0 Å². The molecule has 0 aromatic carbocycles. The van der Waals surface area contributed by atoms with Gasteiger partial charge in [0, 0.05) is 30.9 Å². The SMILES string of the molecule is CCCc1nc(NCC)c(C)c(-n2cccn2)n1. The van der Waals surface area contributed by atoms with E-state index in [0.717, 1.165) is 42.4 Å². The Labute approximate surface area is 107 Å². The van der Waals surface area contributed by atoms with E-state index >= 15 is 0 Å². The van der Waals surface area contributed by atoms with E-state index in [9.17, 15) is 0 Å². The van der Waals surface area contributed by atoms with E-state index in [4.69, 9.17) is 0 Å². The Bertz CT molecular complexity index is 504. The van der Waals surface area contributed by atoms with Crippen LogP contribution in [0.25, 0.3) is 5.82 Å². The lowest BCUT2D eigenvalue weighted by Crippen LogP contribution is -2.11. The summed E-state index contributed by atoms with van der Waals surface area (Å²) in [5.74, 6) is 2.63. The molecule has 2 aromatic rings. The third-order valence-corrected chi connectivity index (χ3v) is 2.71. The highest BCUT2D eigenvalue weighted by Crippen LogP contribution is 2.19.